The molecule has 0 saturated carbocycles. The number of nitrogens with zero attached hydrogens (tertiary/aromatic N) is 6. The zero-order valence-electron chi connectivity index (χ0n) is 33.2. The molecule has 0 unspecified atom stereocenters. The van der Waals surface area contributed by atoms with Crippen LogP contribution in [0.1, 0.15) is 49.7 Å². The van der Waals surface area contributed by atoms with Crippen molar-refractivity contribution in [2.75, 3.05) is 81.6 Å². The van der Waals surface area contributed by atoms with Gasteiger partial charge in [-0.05, 0) is 92.7 Å². The molecule has 2 aliphatic rings. The molecule has 12 nitrogen and oxygen atoms in total. The lowest BCUT2D eigenvalue weighted by atomic mass is 9.95. The van der Waals surface area contributed by atoms with Gasteiger partial charge in [-0.15, -0.1) is 0 Å². The Morgan fingerprint density at radius 1 is 0.754 bits per heavy atom. The van der Waals surface area contributed by atoms with Crippen molar-refractivity contribution in [3.63, 3.8) is 0 Å². The van der Waals surface area contributed by atoms with E-state index in [2.05, 4.69) is 57.7 Å². The van der Waals surface area contributed by atoms with Crippen molar-refractivity contribution >= 4 is 34.3 Å². The van der Waals surface area contributed by atoms with E-state index in [9.17, 15) is 4.79 Å². The van der Waals surface area contributed by atoms with Crippen molar-refractivity contribution in [1.82, 2.24) is 30.1 Å². The Morgan fingerprint density at radius 3 is 2.37 bits per heavy atom. The lowest BCUT2D eigenvalue weighted by molar-refractivity contribution is 0.138. The summed E-state index contributed by atoms with van der Waals surface area (Å²) < 4.78 is 12.0. The van der Waals surface area contributed by atoms with Crippen molar-refractivity contribution in [3.05, 3.63) is 109 Å². The first-order valence-electron chi connectivity index (χ1n) is 20.6. The highest BCUT2D eigenvalue weighted by molar-refractivity contribution is 5.92. The van der Waals surface area contributed by atoms with E-state index in [1.54, 1.807) is 13.4 Å². The zero-order chi connectivity index (χ0) is 39.1. The highest BCUT2D eigenvalue weighted by atomic mass is 16.5. The highest BCUT2D eigenvalue weighted by Gasteiger charge is 2.24. The Balaban J connectivity index is 0.799. The van der Waals surface area contributed by atoms with Gasteiger partial charge in [0.15, 0.2) is 11.5 Å². The first-order chi connectivity index (χ1) is 28.1. The number of aromatic nitrogens is 3. The summed E-state index contributed by atoms with van der Waals surface area (Å²) in [5.41, 5.74) is 3.52. The number of urea groups is 1. The van der Waals surface area contributed by atoms with E-state index in [4.69, 9.17) is 9.47 Å². The third-order valence-electron chi connectivity index (χ3n) is 11.1. The molecule has 2 aliphatic heterocycles. The number of hydrogen-bond donors (Lipinski definition) is 3. The fourth-order valence-corrected chi connectivity index (χ4v) is 7.81. The minimum atomic E-state index is -0.253. The summed E-state index contributed by atoms with van der Waals surface area (Å²) in [6.45, 7) is 10.9. The fourth-order valence-electron chi connectivity index (χ4n) is 7.81. The first-order valence-corrected chi connectivity index (χ1v) is 20.6. The van der Waals surface area contributed by atoms with Gasteiger partial charge in [-0.1, -0.05) is 61.4 Å². The van der Waals surface area contributed by atoms with Gasteiger partial charge in [0.2, 0.25) is 0 Å². The van der Waals surface area contributed by atoms with Gasteiger partial charge in [0, 0.05) is 69.2 Å². The molecule has 3 aromatic carbocycles. The Bertz CT molecular complexity index is 1990. The predicted molar refractivity (Wildman–Crippen MR) is 228 cm³/mol. The molecule has 3 N–H and O–H groups in total. The van der Waals surface area contributed by atoms with Crippen molar-refractivity contribution < 1.29 is 14.3 Å². The van der Waals surface area contributed by atoms with E-state index >= 15 is 0 Å². The average molecular weight is 772 g/mol. The van der Waals surface area contributed by atoms with Crippen molar-refractivity contribution in [2.45, 2.75) is 51.6 Å². The number of benzene rings is 3. The Labute approximate surface area is 337 Å². The lowest BCUT2D eigenvalue weighted by Crippen LogP contribution is -2.49. The minimum Gasteiger partial charge on any atom is -0.493 e. The maximum absolute atomic E-state index is 12.5. The maximum atomic E-state index is 12.5. The molecule has 0 atom stereocenters. The second kappa shape index (κ2) is 20.6. The molecule has 2 fully saturated rings. The molecule has 7 rings (SSSR count). The van der Waals surface area contributed by atoms with E-state index in [0.29, 0.717) is 42.7 Å². The monoisotopic (exact) mass is 771 g/mol. The summed E-state index contributed by atoms with van der Waals surface area (Å²) in [6, 6.07) is 27.4. The second-order valence-corrected chi connectivity index (χ2v) is 15.1. The third-order valence-corrected chi connectivity index (χ3v) is 11.1. The SMILES string of the molecule is COc1cc2ncnc(NCc3cccc(NC(=O)NCc4ccccc4)c3)c2cc1OCCCCCCN1CCC(CN2CCN(c3ccccn3)CC2)CC1. The number of methoxy groups -OCH3 is 1. The van der Waals surface area contributed by atoms with E-state index in [1.165, 1.54) is 51.9 Å². The molecule has 0 spiro atoms. The summed E-state index contributed by atoms with van der Waals surface area (Å²) in [5.74, 6) is 3.97. The van der Waals surface area contributed by atoms with Crippen molar-refractivity contribution in [3.8, 4) is 11.5 Å². The number of likely N-dealkylation sites (tertiary alicyclic amines) is 1. The summed E-state index contributed by atoms with van der Waals surface area (Å²) in [4.78, 5) is 33.8. The van der Waals surface area contributed by atoms with Crippen molar-refractivity contribution in [1.29, 1.82) is 0 Å². The smallest absolute Gasteiger partial charge is 0.319 e. The van der Waals surface area contributed by atoms with Gasteiger partial charge < -0.3 is 35.2 Å². The topological polar surface area (TPSA) is 120 Å². The van der Waals surface area contributed by atoms with Gasteiger partial charge in [0.1, 0.15) is 18.0 Å². The molecular weight excluding hydrogens is 715 g/mol. The predicted octanol–water partition coefficient (Wildman–Crippen LogP) is 7.44. The molecule has 12 heteroatoms. The number of hydrogen-bond acceptors (Lipinski definition) is 10. The van der Waals surface area contributed by atoms with Gasteiger partial charge in [-0.2, -0.15) is 0 Å². The number of anilines is 3. The van der Waals surface area contributed by atoms with Crippen LogP contribution in [0.4, 0.5) is 22.1 Å². The number of fused-ring (bicyclic) bond motifs is 1. The minimum absolute atomic E-state index is 0.253. The largest absolute Gasteiger partial charge is 0.493 e. The van der Waals surface area contributed by atoms with E-state index < -0.39 is 0 Å². The van der Waals surface area contributed by atoms with Crippen LogP contribution in [-0.2, 0) is 13.1 Å². The molecule has 4 heterocycles. The van der Waals surface area contributed by atoms with Crippen LogP contribution in [0.5, 0.6) is 11.5 Å². The van der Waals surface area contributed by atoms with Crippen LogP contribution in [-0.4, -0.2) is 96.9 Å². The molecule has 0 aliphatic carbocycles. The summed E-state index contributed by atoms with van der Waals surface area (Å²) in [7, 11) is 1.66. The summed E-state index contributed by atoms with van der Waals surface area (Å²) in [6.07, 6.45) is 10.6. The Hall–Kier alpha value is -5.46. The molecule has 2 aromatic heterocycles. The van der Waals surface area contributed by atoms with E-state index in [-0.39, 0.29) is 6.03 Å². The van der Waals surface area contributed by atoms with Crippen LogP contribution in [0.3, 0.4) is 0 Å². The molecule has 0 radical (unpaired) electrons. The number of rotatable bonds is 18. The number of piperidine rings is 1. The number of nitrogens with one attached hydrogen (secondary N) is 3. The maximum Gasteiger partial charge on any atom is 0.319 e. The normalized spacial score (nSPS) is 15.4. The van der Waals surface area contributed by atoms with Crippen LogP contribution in [0, 0.1) is 5.92 Å². The molecule has 0 bridgehead atoms. The van der Waals surface area contributed by atoms with Gasteiger partial charge in [0.05, 0.1) is 19.2 Å². The molecule has 2 amide bonds. The number of carbonyl (C=O) groups is 1. The number of amides is 2. The molecule has 57 heavy (non-hydrogen) atoms. The lowest BCUT2D eigenvalue weighted by Gasteiger charge is -2.39. The average Bonchev–Trinajstić information content (AvgIpc) is 3.26. The third kappa shape index (κ3) is 11.8. The van der Waals surface area contributed by atoms with Gasteiger partial charge in [-0.25, -0.2) is 19.7 Å². The van der Waals surface area contributed by atoms with E-state index in [1.807, 2.05) is 79.0 Å². The van der Waals surface area contributed by atoms with Crippen LogP contribution in [0.15, 0.2) is 97.5 Å². The first kappa shape index (κ1) is 39.8. The fraction of sp³-hybridized carbons (Fsp3) is 0.422. The van der Waals surface area contributed by atoms with Gasteiger partial charge in [0.25, 0.3) is 0 Å². The summed E-state index contributed by atoms with van der Waals surface area (Å²) >= 11 is 0. The van der Waals surface area contributed by atoms with Crippen molar-refractivity contribution in [2.24, 2.45) is 5.92 Å². The highest BCUT2D eigenvalue weighted by Crippen LogP contribution is 2.34. The standard InChI is InChI=1S/C45H57N9O3/c1-56-41-30-40-39(44(50-34-49-40)47-32-37-14-11-15-38(28-37)51-45(55)48-31-35-12-5-4-6-13-35)29-42(41)57-27-10-3-2-9-20-52-21-17-36(18-22-52)33-53-23-25-54(26-24-53)43-16-7-8-19-46-43/h4-8,11-16,19,28-30,34,36H,2-3,9-10,17-18,20-27,31-33H2,1H3,(H,47,49,50)(H2,48,51,55). The summed E-state index contributed by atoms with van der Waals surface area (Å²) in [5, 5.41) is 10.1. The van der Waals surface area contributed by atoms with Gasteiger partial charge >= 0.3 is 6.03 Å². The quantitative estimate of drug-likeness (QED) is 0.0776. The molecule has 300 valence electrons. The number of unbranched alkanes of at least 4 members (excludes halogenated alkanes) is 3. The van der Waals surface area contributed by atoms with Crippen LogP contribution in [0.2, 0.25) is 0 Å². The number of piperazine rings is 1. The Kier molecular flexibility index (Phi) is 14.4. The Morgan fingerprint density at radius 2 is 1.56 bits per heavy atom. The molecule has 2 saturated heterocycles. The molecular formula is C45H57N9O3. The zero-order valence-corrected chi connectivity index (χ0v) is 33.2. The van der Waals surface area contributed by atoms with Gasteiger partial charge in [-0.3, -0.25) is 4.90 Å². The number of pyridine rings is 1. The van der Waals surface area contributed by atoms with Crippen LogP contribution in [0.25, 0.3) is 10.9 Å². The van der Waals surface area contributed by atoms with Crippen LogP contribution < -0.4 is 30.3 Å². The number of ether oxygens (including phenoxy) is 2. The molecule has 5 aromatic rings. The number of carbonyl (C=O) groups excluding carboxylic acids is 1. The van der Waals surface area contributed by atoms with Crippen LogP contribution >= 0.6 is 0 Å². The second-order valence-electron chi connectivity index (χ2n) is 15.1. The van der Waals surface area contributed by atoms with E-state index in [0.717, 1.165) is 72.8 Å².